The molecule has 0 fully saturated rings. The highest BCUT2D eigenvalue weighted by atomic mass is 32.1. The number of fused-ring (bicyclic) bond motifs is 1. The van der Waals surface area contributed by atoms with Gasteiger partial charge in [0.15, 0.2) is 11.6 Å². The number of hydrogen-bond acceptors (Lipinski definition) is 4. The van der Waals surface area contributed by atoms with Crippen LogP contribution in [0.2, 0.25) is 0 Å². The highest BCUT2D eigenvalue weighted by molar-refractivity contribution is 7.80. The number of thiol groups is 1. The number of halogens is 3. The summed E-state index contributed by atoms with van der Waals surface area (Å²) in [5.74, 6) is -3.31. The molecule has 3 aromatic carbocycles. The molecule has 7 heteroatoms. The number of carbonyl (C=O) groups excluding carboxylic acids is 1. The number of isocyanates is 1. The van der Waals surface area contributed by atoms with Crippen molar-refractivity contribution in [2.24, 2.45) is 4.99 Å². The molecule has 0 aliphatic carbocycles. The van der Waals surface area contributed by atoms with Crippen molar-refractivity contribution in [1.29, 1.82) is 0 Å². The van der Waals surface area contributed by atoms with Crippen molar-refractivity contribution in [1.82, 2.24) is 0 Å². The molecule has 0 saturated carbocycles. The molecule has 0 aromatic heterocycles. The lowest BCUT2D eigenvalue weighted by atomic mass is 10.0. The van der Waals surface area contributed by atoms with Crippen LogP contribution in [-0.4, -0.2) is 6.08 Å². The van der Waals surface area contributed by atoms with E-state index in [1.165, 1.54) is 6.08 Å². The summed E-state index contributed by atoms with van der Waals surface area (Å²) in [5.41, 5.74) is 0.801. The second kappa shape index (κ2) is 7.74. The Morgan fingerprint density at radius 2 is 1.58 bits per heavy atom. The van der Waals surface area contributed by atoms with Gasteiger partial charge in [-0.1, -0.05) is 24.3 Å². The molecule has 0 amide bonds. The Balaban J connectivity index is 1.88. The van der Waals surface area contributed by atoms with E-state index in [4.69, 9.17) is 4.74 Å². The molecule has 3 aromatic rings. The van der Waals surface area contributed by atoms with Crippen molar-refractivity contribution >= 4 is 35.2 Å². The van der Waals surface area contributed by atoms with E-state index in [9.17, 15) is 18.0 Å². The summed E-state index contributed by atoms with van der Waals surface area (Å²) in [7, 11) is 0. The minimum Gasteiger partial charge on any atom is -0.372 e. The lowest BCUT2D eigenvalue weighted by Gasteiger charge is -2.12. The van der Waals surface area contributed by atoms with Crippen LogP contribution in [0.4, 0.5) is 18.9 Å². The van der Waals surface area contributed by atoms with Crippen molar-refractivity contribution in [3.63, 3.8) is 0 Å². The molecule has 0 atom stereocenters. The lowest BCUT2D eigenvalue weighted by Crippen LogP contribution is -2.00. The summed E-state index contributed by atoms with van der Waals surface area (Å²) >= 11 is 4.42. The Hall–Kier alpha value is -2.60. The van der Waals surface area contributed by atoms with E-state index in [-0.39, 0.29) is 18.8 Å². The SMILES string of the molecule is O=C=Nc1c(COCc2cc(F)c(F)cc2F)cc(S)c2ccccc12. The van der Waals surface area contributed by atoms with Crippen LogP contribution < -0.4 is 0 Å². The van der Waals surface area contributed by atoms with E-state index < -0.39 is 17.5 Å². The number of nitrogens with zero attached hydrogens (tertiary/aromatic N) is 1. The van der Waals surface area contributed by atoms with E-state index in [1.54, 1.807) is 18.2 Å². The average molecular weight is 375 g/mol. The predicted octanol–water partition coefficient (Wildman–Crippen LogP) is 5.23. The van der Waals surface area contributed by atoms with Gasteiger partial charge in [-0.15, -0.1) is 12.6 Å². The molecule has 0 aliphatic heterocycles. The number of aliphatic imine (C=N–C) groups is 1. The van der Waals surface area contributed by atoms with Crippen molar-refractivity contribution in [2.45, 2.75) is 18.1 Å². The Morgan fingerprint density at radius 1 is 0.923 bits per heavy atom. The van der Waals surface area contributed by atoms with Crippen LogP contribution in [-0.2, 0) is 22.7 Å². The number of hydrogen-bond donors (Lipinski definition) is 1. The third-order valence-electron chi connectivity index (χ3n) is 3.84. The van der Waals surface area contributed by atoms with Crippen LogP contribution in [0, 0.1) is 17.5 Å². The molecule has 3 rings (SSSR count). The van der Waals surface area contributed by atoms with Gasteiger partial charge in [-0.3, -0.25) is 0 Å². The van der Waals surface area contributed by atoms with Crippen molar-refractivity contribution < 1.29 is 22.7 Å². The first-order chi connectivity index (χ1) is 12.5. The van der Waals surface area contributed by atoms with Crippen LogP contribution in [0.5, 0.6) is 0 Å². The predicted molar refractivity (Wildman–Crippen MR) is 93.8 cm³/mol. The molecular weight excluding hydrogens is 363 g/mol. The highest BCUT2D eigenvalue weighted by Crippen LogP contribution is 2.35. The van der Waals surface area contributed by atoms with Crippen LogP contribution in [0.15, 0.2) is 52.4 Å². The highest BCUT2D eigenvalue weighted by Gasteiger charge is 2.13. The fourth-order valence-corrected chi connectivity index (χ4v) is 2.98. The summed E-state index contributed by atoms with van der Waals surface area (Å²) in [4.78, 5) is 15.2. The molecule has 26 heavy (non-hydrogen) atoms. The van der Waals surface area contributed by atoms with E-state index in [1.807, 2.05) is 12.1 Å². The van der Waals surface area contributed by atoms with Crippen molar-refractivity contribution in [3.8, 4) is 0 Å². The first kappa shape index (κ1) is 18.2. The first-order valence-electron chi connectivity index (χ1n) is 7.54. The van der Waals surface area contributed by atoms with Gasteiger partial charge in [0.2, 0.25) is 6.08 Å². The molecule has 0 saturated heterocycles. The van der Waals surface area contributed by atoms with Crippen molar-refractivity contribution in [3.05, 3.63) is 71.0 Å². The Bertz CT molecular complexity index is 1030. The molecular formula is C19H12F3NO2S. The van der Waals surface area contributed by atoms with Crippen LogP contribution >= 0.6 is 12.6 Å². The van der Waals surface area contributed by atoms with Crippen LogP contribution in [0.25, 0.3) is 10.8 Å². The van der Waals surface area contributed by atoms with Crippen molar-refractivity contribution in [2.75, 3.05) is 0 Å². The second-order valence-electron chi connectivity index (χ2n) is 5.50. The van der Waals surface area contributed by atoms with Gasteiger partial charge in [0.1, 0.15) is 5.82 Å². The maximum absolute atomic E-state index is 13.7. The normalized spacial score (nSPS) is 10.8. The van der Waals surface area contributed by atoms with E-state index in [0.717, 1.165) is 11.5 Å². The maximum atomic E-state index is 13.7. The zero-order valence-electron chi connectivity index (χ0n) is 13.3. The Labute approximate surface area is 152 Å². The first-order valence-corrected chi connectivity index (χ1v) is 7.98. The van der Waals surface area contributed by atoms with Crippen LogP contribution in [0.3, 0.4) is 0 Å². The summed E-state index contributed by atoms with van der Waals surface area (Å²) in [6.07, 6.45) is 1.51. The molecule has 0 bridgehead atoms. The van der Waals surface area contributed by atoms with Gasteiger partial charge in [0, 0.05) is 27.5 Å². The quantitative estimate of drug-likeness (QED) is 0.287. The monoisotopic (exact) mass is 375 g/mol. The standard InChI is InChI=1S/C19H12F3NO2S/c20-15-7-17(22)16(21)5-11(15)8-25-9-12-6-18(26)13-3-1-2-4-14(13)19(12)23-10-24/h1-7,26H,8-9H2. The molecule has 0 N–H and O–H groups in total. The second-order valence-corrected chi connectivity index (χ2v) is 5.98. The topological polar surface area (TPSA) is 38.7 Å². The molecule has 0 aliphatic rings. The largest absolute Gasteiger partial charge is 0.372 e. The lowest BCUT2D eigenvalue weighted by molar-refractivity contribution is 0.105. The Morgan fingerprint density at radius 3 is 2.31 bits per heavy atom. The molecule has 0 heterocycles. The molecule has 132 valence electrons. The molecule has 0 unspecified atom stereocenters. The summed E-state index contributed by atoms with van der Waals surface area (Å²) in [6, 6.07) is 10.1. The summed E-state index contributed by atoms with van der Waals surface area (Å²) in [6.45, 7) is -0.306. The third-order valence-corrected chi connectivity index (χ3v) is 4.21. The van der Waals surface area contributed by atoms with E-state index in [0.29, 0.717) is 27.6 Å². The number of ether oxygens (including phenoxy) is 1. The molecule has 3 nitrogen and oxygen atoms in total. The summed E-state index contributed by atoms with van der Waals surface area (Å²) < 4.78 is 45.3. The van der Waals surface area contributed by atoms with Gasteiger partial charge >= 0.3 is 0 Å². The minimum atomic E-state index is -1.26. The smallest absolute Gasteiger partial charge is 0.240 e. The number of rotatable bonds is 5. The zero-order valence-corrected chi connectivity index (χ0v) is 14.2. The zero-order chi connectivity index (χ0) is 18.7. The van der Waals surface area contributed by atoms with E-state index in [2.05, 4.69) is 17.6 Å². The molecule has 0 spiro atoms. The fraction of sp³-hybridized carbons (Fsp3) is 0.105. The molecule has 0 radical (unpaired) electrons. The Kier molecular flexibility index (Phi) is 5.42. The third kappa shape index (κ3) is 3.65. The number of benzene rings is 3. The van der Waals surface area contributed by atoms with Gasteiger partial charge < -0.3 is 4.74 Å². The van der Waals surface area contributed by atoms with E-state index >= 15 is 0 Å². The van der Waals surface area contributed by atoms with Gasteiger partial charge in [0.25, 0.3) is 0 Å². The average Bonchev–Trinajstić information content (AvgIpc) is 2.62. The fourth-order valence-electron chi connectivity index (χ4n) is 2.63. The van der Waals surface area contributed by atoms with Crippen LogP contribution in [0.1, 0.15) is 11.1 Å². The minimum absolute atomic E-state index is 0.0304. The van der Waals surface area contributed by atoms with Gasteiger partial charge in [-0.25, -0.2) is 18.0 Å². The maximum Gasteiger partial charge on any atom is 0.240 e. The van der Waals surface area contributed by atoms with Gasteiger partial charge in [-0.2, -0.15) is 4.99 Å². The van der Waals surface area contributed by atoms with Gasteiger partial charge in [0.05, 0.1) is 18.9 Å². The van der Waals surface area contributed by atoms with Gasteiger partial charge in [-0.05, 0) is 17.5 Å². The summed E-state index contributed by atoms with van der Waals surface area (Å²) in [5, 5.41) is 1.50.